The molecule has 0 atom stereocenters. The maximum Gasteiger partial charge on any atom is 0.248 e. The Morgan fingerprint density at radius 2 is 0.978 bits per heavy atom. The van der Waals surface area contributed by atoms with E-state index in [1.807, 2.05) is 84.0 Å². The third kappa shape index (κ3) is 7.16. The van der Waals surface area contributed by atoms with Gasteiger partial charge in [-0.1, -0.05) is 115 Å². The van der Waals surface area contributed by atoms with Gasteiger partial charge in [0.25, 0.3) is 0 Å². The Bertz CT molecular complexity index is 1650. The molecule has 4 aromatic carbocycles. The Balaban J connectivity index is 0.000000256. The van der Waals surface area contributed by atoms with Crippen molar-refractivity contribution in [2.45, 2.75) is 79.2 Å². The van der Waals surface area contributed by atoms with Gasteiger partial charge in [-0.2, -0.15) is 0 Å². The van der Waals surface area contributed by atoms with E-state index in [0.717, 1.165) is 52.6 Å². The summed E-state index contributed by atoms with van der Waals surface area (Å²) < 4.78 is 14.5. The molecule has 1 fully saturated rings. The maximum atomic E-state index is 14.5. The molecule has 234 valence electrons. The summed E-state index contributed by atoms with van der Waals surface area (Å²) in [6, 6.07) is 25.1. The molecule has 1 aliphatic rings. The maximum absolute atomic E-state index is 14.5. The number of aliphatic hydroxyl groups is 1. The van der Waals surface area contributed by atoms with E-state index >= 15 is 0 Å². The number of hydrogen-bond donors (Lipinski definition) is 1. The van der Waals surface area contributed by atoms with E-state index in [2.05, 4.69) is 0 Å². The highest BCUT2D eigenvalue weighted by atomic mass is 31.2. The fourth-order valence-electron chi connectivity index (χ4n) is 6.54. The van der Waals surface area contributed by atoms with E-state index in [1.165, 1.54) is 0 Å². The van der Waals surface area contributed by atoms with Gasteiger partial charge in [0, 0.05) is 22.0 Å². The molecule has 0 aromatic heterocycles. The lowest BCUT2D eigenvalue weighted by Crippen LogP contribution is -2.40. The molecule has 1 saturated carbocycles. The molecule has 0 radical (unpaired) electrons. The Labute approximate surface area is 267 Å². The summed E-state index contributed by atoms with van der Waals surface area (Å²) in [5, 5.41) is 10.5. The van der Waals surface area contributed by atoms with E-state index in [-0.39, 0.29) is 11.1 Å². The molecule has 0 unspecified atom stereocenters. The fraction of sp³-hybridized carbons (Fsp3) is 0.308. The predicted octanol–water partition coefficient (Wildman–Crippen LogP) is 8.77. The van der Waals surface area contributed by atoms with Gasteiger partial charge in [-0.15, -0.1) is 0 Å². The molecule has 4 aromatic rings. The molecule has 0 saturated heterocycles. The lowest BCUT2D eigenvalue weighted by molar-refractivity contribution is 0.0116. The normalized spacial score (nSPS) is 14.2. The second-order valence-electron chi connectivity index (χ2n) is 12.4. The molecule has 6 heteroatoms. The third-order valence-electron chi connectivity index (χ3n) is 8.61. The van der Waals surface area contributed by atoms with Crippen molar-refractivity contribution in [2.24, 2.45) is 0 Å². The second-order valence-corrected chi connectivity index (χ2v) is 14.9. The summed E-state index contributed by atoms with van der Waals surface area (Å²) in [5.74, 6) is -0.109. The number of benzene rings is 4. The van der Waals surface area contributed by atoms with Gasteiger partial charge in [0.1, 0.15) is 5.60 Å². The van der Waals surface area contributed by atoms with Crippen LogP contribution in [0.4, 0.5) is 0 Å². The first-order chi connectivity index (χ1) is 21.3. The standard InChI is InChI=1S/C26H27O3P.C13H16O2/c1-16-12-18(3)23(19(4)13-16)25(27)30(29,22-10-8-7-9-11-22)26(28)24-20(5)14-17(2)15-21(24)6;14-12(11-7-3-1-4-8-11)13(15)9-5-2-6-10-13/h7-15H,1-6H3;1,3-4,7-8,15H,2,5-6,9-10H2. The van der Waals surface area contributed by atoms with Gasteiger partial charge in [0.2, 0.25) is 18.2 Å². The van der Waals surface area contributed by atoms with Gasteiger partial charge in [0.15, 0.2) is 5.78 Å². The van der Waals surface area contributed by atoms with E-state index in [0.29, 0.717) is 29.5 Å². The number of rotatable bonds is 7. The Morgan fingerprint density at radius 3 is 1.38 bits per heavy atom. The van der Waals surface area contributed by atoms with Crippen LogP contribution in [-0.2, 0) is 4.57 Å². The SMILES string of the molecule is Cc1cc(C)c(C(=O)P(=O)(C(=O)c2c(C)cc(C)cc2C)c2ccccc2)c(C)c1.O=C(c1ccccc1)C1(O)CCCCC1. The molecule has 0 spiro atoms. The van der Waals surface area contributed by atoms with Gasteiger partial charge in [-0.3, -0.25) is 14.4 Å². The second kappa shape index (κ2) is 14.0. The highest BCUT2D eigenvalue weighted by Crippen LogP contribution is 2.52. The smallest absolute Gasteiger partial charge is 0.248 e. The van der Waals surface area contributed by atoms with Crippen molar-refractivity contribution in [3.63, 3.8) is 0 Å². The van der Waals surface area contributed by atoms with Crippen LogP contribution in [0.2, 0.25) is 0 Å². The summed E-state index contributed by atoms with van der Waals surface area (Å²) in [7, 11) is -4.11. The zero-order valence-electron chi connectivity index (χ0n) is 27.1. The van der Waals surface area contributed by atoms with Crippen LogP contribution in [0.3, 0.4) is 0 Å². The third-order valence-corrected chi connectivity index (χ3v) is 11.2. The monoisotopic (exact) mass is 622 g/mol. The molecule has 5 rings (SSSR count). The van der Waals surface area contributed by atoms with Gasteiger partial charge in [-0.05, 0) is 76.6 Å². The minimum atomic E-state index is -4.11. The van der Waals surface area contributed by atoms with E-state index in [4.69, 9.17) is 0 Å². The van der Waals surface area contributed by atoms with Crippen LogP contribution in [0.1, 0.15) is 96.6 Å². The summed E-state index contributed by atoms with van der Waals surface area (Å²) >= 11 is 0. The molecule has 0 amide bonds. The summed E-state index contributed by atoms with van der Waals surface area (Å²) in [5.41, 5.74) is 4.09. The van der Waals surface area contributed by atoms with Crippen molar-refractivity contribution in [3.05, 3.63) is 135 Å². The van der Waals surface area contributed by atoms with Crippen LogP contribution in [0.25, 0.3) is 0 Å². The lowest BCUT2D eigenvalue weighted by Gasteiger charge is -2.30. The minimum absolute atomic E-state index is 0.109. The average Bonchev–Trinajstić information content (AvgIpc) is 3.00. The van der Waals surface area contributed by atoms with Crippen LogP contribution in [-0.4, -0.2) is 27.5 Å². The van der Waals surface area contributed by atoms with Crippen molar-refractivity contribution >= 4 is 29.3 Å². The number of Topliss-reactive ketones (excluding diaryl/α,β-unsaturated/α-hetero) is 1. The van der Waals surface area contributed by atoms with Crippen molar-refractivity contribution in [3.8, 4) is 0 Å². The zero-order chi connectivity index (χ0) is 32.9. The minimum Gasteiger partial charge on any atom is -0.382 e. The fourth-order valence-corrected chi connectivity index (χ4v) is 9.12. The Kier molecular flexibility index (Phi) is 10.6. The highest BCUT2D eigenvalue weighted by Gasteiger charge is 2.44. The average molecular weight is 623 g/mol. The lowest BCUT2D eigenvalue weighted by atomic mass is 9.79. The largest absolute Gasteiger partial charge is 0.382 e. The number of aryl methyl sites for hydroxylation is 6. The van der Waals surface area contributed by atoms with Crippen LogP contribution in [0, 0.1) is 41.5 Å². The predicted molar refractivity (Wildman–Crippen MR) is 182 cm³/mol. The highest BCUT2D eigenvalue weighted by molar-refractivity contribution is 8.01. The van der Waals surface area contributed by atoms with Crippen LogP contribution >= 0.6 is 7.14 Å². The summed E-state index contributed by atoms with van der Waals surface area (Å²) in [4.78, 5) is 39.8. The van der Waals surface area contributed by atoms with Gasteiger partial charge in [-0.25, -0.2) is 0 Å². The Hall–Kier alpha value is -3.92. The topological polar surface area (TPSA) is 88.5 Å². The van der Waals surface area contributed by atoms with Crippen LogP contribution < -0.4 is 5.30 Å². The zero-order valence-corrected chi connectivity index (χ0v) is 28.0. The molecule has 1 N–H and O–H groups in total. The molecule has 45 heavy (non-hydrogen) atoms. The molecule has 0 bridgehead atoms. The first-order valence-corrected chi connectivity index (χ1v) is 17.2. The number of ketones is 1. The molecule has 0 aliphatic heterocycles. The quantitative estimate of drug-likeness (QED) is 0.164. The van der Waals surface area contributed by atoms with E-state index in [1.54, 1.807) is 42.5 Å². The molecular formula is C39H43O5P. The van der Waals surface area contributed by atoms with Crippen LogP contribution in [0.5, 0.6) is 0 Å². The molecular weight excluding hydrogens is 579 g/mol. The van der Waals surface area contributed by atoms with Crippen LogP contribution in [0.15, 0.2) is 84.9 Å². The summed E-state index contributed by atoms with van der Waals surface area (Å²) in [6.07, 6.45) is 4.26. The van der Waals surface area contributed by atoms with E-state index in [9.17, 15) is 24.1 Å². The number of carbonyl (C=O) groups excluding carboxylic acids is 3. The molecule has 1 aliphatic carbocycles. The van der Waals surface area contributed by atoms with E-state index < -0.39 is 23.8 Å². The summed E-state index contributed by atoms with van der Waals surface area (Å²) in [6.45, 7) is 11.2. The number of hydrogen-bond acceptors (Lipinski definition) is 5. The first-order valence-electron chi connectivity index (χ1n) is 15.5. The van der Waals surface area contributed by atoms with Gasteiger partial charge in [0.05, 0.1) is 0 Å². The van der Waals surface area contributed by atoms with Gasteiger partial charge < -0.3 is 9.67 Å². The Morgan fingerprint density at radius 1 is 0.600 bits per heavy atom. The van der Waals surface area contributed by atoms with Gasteiger partial charge >= 0.3 is 0 Å². The van der Waals surface area contributed by atoms with Crippen molar-refractivity contribution < 1.29 is 24.1 Å². The van der Waals surface area contributed by atoms with Crippen molar-refractivity contribution in [1.82, 2.24) is 0 Å². The molecule has 5 nitrogen and oxygen atoms in total. The van der Waals surface area contributed by atoms with Crippen molar-refractivity contribution in [1.29, 1.82) is 0 Å². The number of carbonyl (C=O) groups is 3. The first kappa shape index (κ1) is 34.0. The van der Waals surface area contributed by atoms with Crippen molar-refractivity contribution in [2.75, 3.05) is 0 Å². The molecule has 0 heterocycles.